The monoisotopic (exact) mass is 228 g/mol. The van der Waals surface area contributed by atoms with E-state index < -0.39 is 0 Å². The van der Waals surface area contributed by atoms with Gasteiger partial charge in [-0.1, -0.05) is 12.1 Å². The Morgan fingerprint density at radius 3 is 3.00 bits per heavy atom. The number of nitrogens with one attached hydrogen (secondary N) is 1. The number of nitrogens with zero attached hydrogens (tertiary/aromatic N) is 2. The average molecular weight is 228 g/mol. The highest BCUT2D eigenvalue weighted by Gasteiger charge is 2.21. The van der Waals surface area contributed by atoms with E-state index in [-0.39, 0.29) is 0 Å². The molecule has 1 aliphatic rings. The SMILES string of the molecule is Cc1ccc2c(C3CCNC3)nc(N)nc2c1. The van der Waals surface area contributed by atoms with Crippen molar-refractivity contribution in [3.8, 4) is 0 Å². The van der Waals surface area contributed by atoms with E-state index in [0.29, 0.717) is 11.9 Å². The number of anilines is 1. The van der Waals surface area contributed by atoms with Gasteiger partial charge in [0, 0.05) is 17.8 Å². The smallest absolute Gasteiger partial charge is 0.220 e. The predicted molar refractivity (Wildman–Crippen MR) is 68.9 cm³/mol. The minimum absolute atomic E-state index is 0.380. The van der Waals surface area contributed by atoms with Crippen LogP contribution in [0, 0.1) is 6.92 Å². The van der Waals surface area contributed by atoms with E-state index in [9.17, 15) is 0 Å². The molecule has 0 radical (unpaired) electrons. The second kappa shape index (κ2) is 3.96. The molecule has 0 bridgehead atoms. The van der Waals surface area contributed by atoms with Crippen molar-refractivity contribution in [3.05, 3.63) is 29.5 Å². The molecule has 1 fully saturated rings. The van der Waals surface area contributed by atoms with Crippen LogP contribution in [0.1, 0.15) is 23.6 Å². The summed E-state index contributed by atoms with van der Waals surface area (Å²) in [5.74, 6) is 0.843. The maximum absolute atomic E-state index is 5.80. The Balaban J connectivity index is 2.21. The predicted octanol–water partition coefficient (Wildman–Crippen LogP) is 1.60. The van der Waals surface area contributed by atoms with Gasteiger partial charge >= 0.3 is 0 Å². The summed E-state index contributed by atoms with van der Waals surface area (Å²) in [6.45, 7) is 4.11. The Labute approximate surface area is 100 Å². The summed E-state index contributed by atoms with van der Waals surface area (Å²) < 4.78 is 0. The second-order valence-electron chi connectivity index (χ2n) is 4.68. The van der Waals surface area contributed by atoms with E-state index in [1.54, 1.807) is 0 Å². The number of hydrogen-bond donors (Lipinski definition) is 2. The summed E-state index contributed by atoms with van der Waals surface area (Å²) in [6, 6.07) is 6.28. The highest BCUT2D eigenvalue weighted by Crippen LogP contribution is 2.28. The highest BCUT2D eigenvalue weighted by molar-refractivity contribution is 5.83. The lowest BCUT2D eigenvalue weighted by Gasteiger charge is -2.12. The first kappa shape index (κ1) is 10.5. The van der Waals surface area contributed by atoms with Gasteiger partial charge in [-0.3, -0.25) is 0 Å². The Kier molecular flexibility index (Phi) is 2.44. The van der Waals surface area contributed by atoms with Gasteiger partial charge < -0.3 is 11.1 Å². The van der Waals surface area contributed by atoms with Crippen molar-refractivity contribution in [1.82, 2.24) is 15.3 Å². The number of benzene rings is 1. The van der Waals surface area contributed by atoms with E-state index in [1.807, 2.05) is 0 Å². The van der Waals surface area contributed by atoms with Gasteiger partial charge in [0.25, 0.3) is 0 Å². The fourth-order valence-electron chi connectivity index (χ4n) is 2.48. The molecule has 1 aliphatic heterocycles. The molecule has 0 spiro atoms. The van der Waals surface area contributed by atoms with Crippen LogP contribution in [0.4, 0.5) is 5.95 Å². The molecule has 1 atom stereocenters. The van der Waals surface area contributed by atoms with Crippen LogP contribution in [-0.4, -0.2) is 23.1 Å². The zero-order valence-corrected chi connectivity index (χ0v) is 9.90. The van der Waals surface area contributed by atoms with Crippen LogP contribution in [0.5, 0.6) is 0 Å². The van der Waals surface area contributed by atoms with Gasteiger partial charge in [-0.15, -0.1) is 0 Å². The lowest BCUT2D eigenvalue weighted by atomic mass is 9.99. The molecule has 1 aromatic heterocycles. The number of hydrogen-bond acceptors (Lipinski definition) is 4. The quantitative estimate of drug-likeness (QED) is 0.778. The molecule has 4 heteroatoms. The van der Waals surface area contributed by atoms with Crippen LogP contribution in [0.15, 0.2) is 18.2 Å². The van der Waals surface area contributed by atoms with Crippen molar-refractivity contribution >= 4 is 16.9 Å². The summed E-state index contributed by atoms with van der Waals surface area (Å²) in [6.07, 6.45) is 1.12. The first-order chi connectivity index (χ1) is 8.24. The van der Waals surface area contributed by atoms with Crippen LogP contribution >= 0.6 is 0 Å². The summed E-state index contributed by atoms with van der Waals surface area (Å²) in [4.78, 5) is 8.75. The highest BCUT2D eigenvalue weighted by atomic mass is 15.0. The molecule has 2 aromatic rings. The van der Waals surface area contributed by atoms with Crippen LogP contribution in [0.2, 0.25) is 0 Å². The summed E-state index contributed by atoms with van der Waals surface area (Å²) in [7, 11) is 0. The Morgan fingerprint density at radius 1 is 1.35 bits per heavy atom. The molecule has 0 amide bonds. The second-order valence-corrected chi connectivity index (χ2v) is 4.68. The van der Waals surface area contributed by atoms with Gasteiger partial charge in [0.1, 0.15) is 0 Å². The van der Waals surface area contributed by atoms with Crippen molar-refractivity contribution in [2.75, 3.05) is 18.8 Å². The van der Waals surface area contributed by atoms with Gasteiger partial charge in [-0.25, -0.2) is 9.97 Å². The summed E-state index contributed by atoms with van der Waals surface area (Å²) in [5, 5.41) is 4.50. The van der Waals surface area contributed by atoms with Crippen LogP contribution in [-0.2, 0) is 0 Å². The standard InChI is InChI=1S/C13H16N4/c1-8-2-3-10-11(6-8)16-13(14)17-12(10)9-4-5-15-7-9/h2-3,6,9,15H,4-5,7H2,1H3,(H2,14,16,17). The van der Waals surface area contributed by atoms with E-state index in [0.717, 1.165) is 36.1 Å². The topological polar surface area (TPSA) is 63.8 Å². The molecule has 2 heterocycles. The third-order valence-electron chi connectivity index (χ3n) is 3.35. The van der Waals surface area contributed by atoms with E-state index in [4.69, 9.17) is 5.73 Å². The van der Waals surface area contributed by atoms with E-state index in [2.05, 4.69) is 40.4 Å². The zero-order valence-electron chi connectivity index (χ0n) is 9.90. The van der Waals surface area contributed by atoms with Crippen molar-refractivity contribution < 1.29 is 0 Å². The van der Waals surface area contributed by atoms with Gasteiger partial charge in [-0.2, -0.15) is 0 Å². The molecule has 1 saturated heterocycles. The molecule has 88 valence electrons. The lowest BCUT2D eigenvalue weighted by molar-refractivity contribution is 0.742. The molecule has 1 unspecified atom stereocenters. The molecule has 17 heavy (non-hydrogen) atoms. The molecular formula is C13H16N4. The van der Waals surface area contributed by atoms with E-state index in [1.165, 1.54) is 5.56 Å². The molecule has 0 saturated carbocycles. The minimum Gasteiger partial charge on any atom is -0.368 e. The zero-order chi connectivity index (χ0) is 11.8. The van der Waals surface area contributed by atoms with Crippen molar-refractivity contribution in [1.29, 1.82) is 0 Å². The maximum atomic E-state index is 5.80. The molecule has 0 aliphatic carbocycles. The molecule has 3 rings (SSSR count). The van der Waals surface area contributed by atoms with Crippen LogP contribution < -0.4 is 11.1 Å². The van der Waals surface area contributed by atoms with Crippen molar-refractivity contribution in [3.63, 3.8) is 0 Å². The van der Waals surface area contributed by atoms with Crippen molar-refractivity contribution in [2.24, 2.45) is 0 Å². The Hall–Kier alpha value is -1.68. The minimum atomic E-state index is 0.380. The average Bonchev–Trinajstić information content (AvgIpc) is 2.80. The third kappa shape index (κ3) is 1.85. The van der Waals surface area contributed by atoms with Crippen LogP contribution in [0.3, 0.4) is 0 Å². The number of rotatable bonds is 1. The Bertz CT molecular complexity index is 553. The van der Waals surface area contributed by atoms with Gasteiger partial charge in [-0.05, 0) is 31.5 Å². The fraction of sp³-hybridized carbons (Fsp3) is 0.385. The first-order valence-corrected chi connectivity index (χ1v) is 5.98. The number of aryl methyl sites for hydroxylation is 1. The van der Waals surface area contributed by atoms with Gasteiger partial charge in [0.2, 0.25) is 5.95 Å². The maximum Gasteiger partial charge on any atom is 0.220 e. The number of aromatic nitrogens is 2. The summed E-state index contributed by atoms with van der Waals surface area (Å²) >= 11 is 0. The lowest BCUT2D eigenvalue weighted by Crippen LogP contribution is -2.10. The third-order valence-corrected chi connectivity index (χ3v) is 3.35. The molecular weight excluding hydrogens is 212 g/mol. The van der Waals surface area contributed by atoms with Crippen molar-refractivity contribution in [2.45, 2.75) is 19.3 Å². The molecule has 4 nitrogen and oxygen atoms in total. The number of nitrogens with two attached hydrogens (primary N) is 1. The fourth-order valence-corrected chi connectivity index (χ4v) is 2.48. The largest absolute Gasteiger partial charge is 0.368 e. The normalized spacial score (nSPS) is 19.9. The number of nitrogen functional groups attached to an aromatic ring is 1. The number of fused-ring (bicyclic) bond motifs is 1. The summed E-state index contributed by atoms with van der Waals surface area (Å²) in [5.41, 5.74) is 9.05. The molecule has 3 N–H and O–H groups in total. The van der Waals surface area contributed by atoms with Gasteiger partial charge in [0.05, 0.1) is 11.2 Å². The first-order valence-electron chi connectivity index (χ1n) is 5.98. The molecule has 1 aromatic carbocycles. The van der Waals surface area contributed by atoms with Crippen LogP contribution in [0.25, 0.3) is 10.9 Å². The van der Waals surface area contributed by atoms with Gasteiger partial charge in [0.15, 0.2) is 0 Å². The Morgan fingerprint density at radius 2 is 2.24 bits per heavy atom. The van der Waals surface area contributed by atoms with E-state index >= 15 is 0 Å².